The Hall–Kier alpha value is -3.87. The summed E-state index contributed by atoms with van der Waals surface area (Å²) in [5.74, 6) is -0.708. The van der Waals surface area contributed by atoms with Crippen molar-refractivity contribution in [2.45, 2.75) is 26.3 Å². The van der Waals surface area contributed by atoms with Gasteiger partial charge in [-0.05, 0) is 53.4 Å². The summed E-state index contributed by atoms with van der Waals surface area (Å²) in [6.07, 6.45) is 3.52. The van der Waals surface area contributed by atoms with Crippen molar-refractivity contribution in [1.29, 1.82) is 0 Å². The molecule has 7 nitrogen and oxygen atoms in total. The highest BCUT2D eigenvalue weighted by atomic mass is 16.5. The number of aromatic hydroxyl groups is 2. The third kappa shape index (κ3) is 5.01. The van der Waals surface area contributed by atoms with Gasteiger partial charge in [-0.3, -0.25) is 14.6 Å². The van der Waals surface area contributed by atoms with Gasteiger partial charge in [0.15, 0.2) is 5.78 Å². The minimum absolute atomic E-state index is 0.0105. The maximum Gasteiger partial charge on any atom is 0.224 e. The molecule has 1 amide bonds. The van der Waals surface area contributed by atoms with E-state index >= 15 is 0 Å². The number of aromatic nitrogens is 1. The van der Waals surface area contributed by atoms with Crippen LogP contribution in [0.3, 0.4) is 0 Å². The van der Waals surface area contributed by atoms with E-state index in [0.717, 1.165) is 11.6 Å². The Morgan fingerprint density at radius 1 is 1.06 bits per heavy atom. The van der Waals surface area contributed by atoms with E-state index in [1.807, 2.05) is 13.0 Å². The Morgan fingerprint density at radius 2 is 1.81 bits per heavy atom. The number of phenolic OH excluding ortho intramolecular Hbond substituents is 2. The van der Waals surface area contributed by atoms with Crippen LogP contribution in [0.15, 0.2) is 54.9 Å². The fourth-order valence-electron chi connectivity index (χ4n) is 3.40. The van der Waals surface area contributed by atoms with Crippen molar-refractivity contribution in [3.63, 3.8) is 0 Å². The number of amides is 1. The molecule has 0 bridgehead atoms. The molecule has 0 saturated heterocycles. The third-order valence-electron chi connectivity index (χ3n) is 4.99. The fourth-order valence-corrected chi connectivity index (χ4v) is 3.40. The lowest BCUT2D eigenvalue weighted by Gasteiger charge is -2.17. The van der Waals surface area contributed by atoms with Gasteiger partial charge in [-0.2, -0.15) is 0 Å². The number of carbonyl (C=O) groups is 2. The first kappa shape index (κ1) is 21.8. The number of methoxy groups -OCH3 is 1. The Bertz CT molecular complexity index is 1080. The van der Waals surface area contributed by atoms with E-state index in [0.29, 0.717) is 28.9 Å². The van der Waals surface area contributed by atoms with Crippen molar-refractivity contribution >= 4 is 11.7 Å². The van der Waals surface area contributed by atoms with Gasteiger partial charge in [0.1, 0.15) is 17.2 Å². The first-order valence-corrected chi connectivity index (χ1v) is 9.85. The van der Waals surface area contributed by atoms with Crippen LogP contribution in [0, 0.1) is 0 Å². The van der Waals surface area contributed by atoms with E-state index in [1.54, 1.807) is 42.7 Å². The Morgan fingerprint density at radius 3 is 2.42 bits per heavy atom. The predicted molar refractivity (Wildman–Crippen MR) is 115 cm³/mol. The monoisotopic (exact) mass is 420 g/mol. The number of hydrogen-bond acceptors (Lipinski definition) is 6. The van der Waals surface area contributed by atoms with Crippen LogP contribution in [0.4, 0.5) is 0 Å². The summed E-state index contributed by atoms with van der Waals surface area (Å²) in [6, 6.07) is 11.2. The van der Waals surface area contributed by atoms with Gasteiger partial charge in [-0.15, -0.1) is 0 Å². The largest absolute Gasteiger partial charge is 0.508 e. The number of benzene rings is 2. The Kier molecular flexibility index (Phi) is 6.87. The van der Waals surface area contributed by atoms with Crippen LogP contribution in [0.1, 0.15) is 39.5 Å². The summed E-state index contributed by atoms with van der Waals surface area (Å²) in [6.45, 7) is 2.09. The Labute approximate surface area is 180 Å². The van der Waals surface area contributed by atoms with Crippen LogP contribution < -0.4 is 10.1 Å². The maximum atomic E-state index is 13.2. The molecule has 31 heavy (non-hydrogen) atoms. The van der Waals surface area contributed by atoms with Gasteiger partial charge in [0.05, 0.1) is 19.1 Å². The number of ether oxygens (including phenoxy) is 1. The fraction of sp³-hybridized carbons (Fsp3) is 0.208. The second-order valence-electron chi connectivity index (χ2n) is 6.97. The molecule has 160 valence electrons. The van der Waals surface area contributed by atoms with E-state index in [2.05, 4.69) is 10.3 Å². The van der Waals surface area contributed by atoms with Gasteiger partial charge in [0.25, 0.3) is 0 Å². The summed E-state index contributed by atoms with van der Waals surface area (Å²) < 4.78 is 5.12. The molecule has 0 saturated carbocycles. The molecule has 0 aliphatic heterocycles. The molecule has 3 aromatic rings. The highest BCUT2D eigenvalue weighted by Crippen LogP contribution is 2.35. The molecule has 0 radical (unpaired) electrons. The van der Waals surface area contributed by atoms with Gasteiger partial charge < -0.3 is 20.3 Å². The molecule has 0 aliphatic carbocycles. The second kappa shape index (κ2) is 9.75. The Balaban J connectivity index is 1.93. The van der Waals surface area contributed by atoms with Crippen molar-refractivity contribution in [1.82, 2.24) is 10.3 Å². The molecule has 1 aromatic heterocycles. The number of ketones is 1. The molecule has 3 N–H and O–H groups in total. The van der Waals surface area contributed by atoms with E-state index in [-0.39, 0.29) is 35.9 Å². The normalized spacial score (nSPS) is 10.5. The van der Waals surface area contributed by atoms with Crippen LogP contribution in [0.2, 0.25) is 0 Å². The molecule has 2 aromatic carbocycles. The number of rotatable bonds is 8. The van der Waals surface area contributed by atoms with Crippen molar-refractivity contribution in [2.24, 2.45) is 0 Å². The highest BCUT2D eigenvalue weighted by Gasteiger charge is 2.25. The van der Waals surface area contributed by atoms with Gasteiger partial charge in [0.2, 0.25) is 5.91 Å². The lowest BCUT2D eigenvalue weighted by Crippen LogP contribution is -2.26. The SMILES string of the molecule is CCc1c(O)cc(O)c(C(=O)c2ccc(OC)cc2)c1CC(=O)NCc1cccnc1. The van der Waals surface area contributed by atoms with Crippen LogP contribution in [0.25, 0.3) is 0 Å². The molecule has 0 fully saturated rings. The van der Waals surface area contributed by atoms with Gasteiger partial charge in [-0.1, -0.05) is 13.0 Å². The molecule has 0 unspecified atom stereocenters. The van der Waals surface area contributed by atoms with Gasteiger partial charge >= 0.3 is 0 Å². The standard InChI is InChI=1S/C24H24N2O5/c1-3-18-19(11-22(29)26-14-15-5-4-10-25-13-15)23(21(28)12-20(18)27)24(30)16-6-8-17(31-2)9-7-16/h4-10,12-13,27-28H,3,11,14H2,1-2H3,(H,26,29). The number of hydrogen-bond donors (Lipinski definition) is 3. The van der Waals surface area contributed by atoms with Crippen molar-refractivity contribution in [3.8, 4) is 17.2 Å². The van der Waals surface area contributed by atoms with E-state index in [1.165, 1.54) is 7.11 Å². The maximum absolute atomic E-state index is 13.2. The van der Waals surface area contributed by atoms with Crippen LogP contribution in [0.5, 0.6) is 17.2 Å². The van der Waals surface area contributed by atoms with E-state index in [4.69, 9.17) is 4.74 Å². The molecule has 0 spiro atoms. The molecular formula is C24H24N2O5. The molecule has 7 heteroatoms. The van der Waals surface area contributed by atoms with E-state index in [9.17, 15) is 19.8 Å². The number of pyridine rings is 1. The number of carbonyl (C=O) groups excluding carboxylic acids is 2. The smallest absolute Gasteiger partial charge is 0.224 e. The first-order chi connectivity index (χ1) is 14.9. The second-order valence-corrected chi connectivity index (χ2v) is 6.97. The number of nitrogens with one attached hydrogen (secondary N) is 1. The lowest BCUT2D eigenvalue weighted by molar-refractivity contribution is -0.120. The minimum Gasteiger partial charge on any atom is -0.508 e. The quantitative estimate of drug-likeness (QED) is 0.483. The molecule has 0 aliphatic rings. The molecule has 0 atom stereocenters. The topological polar surface area (TPSA) is 109 Å². The van der Waals surface area contributed by atoms with Gasteiger partial charge in [0, 0.05) is 30.6 Å². The average molecular weight is 420 g/mol. The van der Waals surface area contributed by atoms with Gasteiger partial charge in [-0.25, -0.2) is 0 Å². The number of phenols is 2. The summed E-state index contributed by atoms with van der Waals surface area (Å²) in [7, 11) is 1.53. The predicted octanol–water partition coefficient (Wildman–Crippen LogP) is 3.15. The molecule has 3 rings (SSSR count). The van der Waals surface area contributed by atoms with E-state index < -0.39 is 5.78 Å². The molecular weight excluding hydrogens is 396 g/mol. The summed E-state index contributed by atoms with van der Waals surface area (Å²) in [5, 5.41) is 23.6. The zero-order valence-corrected chi connectivity index (χ0v) is 17.4. The summed E-state index contributed by atoms with van der Waals surface area (Å²) in [4.78, 5) is 29.9. The summed E-state index contributed by atoms with van der Waals surface area (Å²) in [5.41, 5.74) is 1.94. The first-order valence-electron chi connectivity index (χ1n) is 9.85. The molecule has 1 heterocycles. The zero-order chi connectivity index (χ0) is 22.4. The highest BCUT2D eigenvalue weighted by molar-refractivity contribution is 6.12. The van der Waals surface area contributed by atoms with Crippen molar-refractivity contribution in [3.05, 3.63) is 82.7 Å². The third-order valence-corrected chi connectivity index (χ3v) is 4.99. The number of nitrogens with zero attached hydrogens (tertiary/aromatic N) is 1. The zero-order valence-electron chi connectivity index (χ0n) is 17.4. The lowest BCUT2D eigenvalue weighted by atomic mass is 9.90. The average Bonchev–Trinajstić information content (AvgIpc) is 2.78. The van der Waals surface area contributed by atoms with Crippen LogP contribution in [-0.4, -0.2) is 34.0 Å². The minimum atomic E-state index is -0.440. The van der Waals surface area contributed by atoms with Crippen LogP contribution >= 0.6 is 0 Å². The van der Waals surface area contributed by atoms with Crippen LogP contribution in [-0.2, 0) is 24.2 Å². The van der Waals surface area contributed by atoms with Crippen molar-refractivity contribution < 1.29 is 24.5 Å². The van der Waals surface area contributed by atoms with Crippen molar-refractivity contribution in [2.75, 3.05) is 7.11 Å². The summed E-state index contributed by atoms with van der Waals surface area (Å²) >= 11 is 0.